The zero-order valence-electron chi connectivity index (χ0n) is 12.8. The van der Waals surface area contributed by atoms with Crippen molar-refractivity contribution < 1.29 is 13.5 Å². The molecule has 0 aromatic heterocycles. The number of aliphatic hydroxyl groups is 1. The van der Waals surface area contributed by atoms with Gasteiger partial charge < -0.3 is 5.11 Å². The van der Waals surface area contributed by atoms with Gasteiger partial charge in [-0.1, -0.05) is 32.4 Å². The Morgan fingerprint density at radius 3 is 2.52 bits per heavy atom. The predicted molar refractivity (Wildman–Crippen MR) is 83.5 cm³/mol. The van der Waals surface area contributed by atoms with Gasteiger partial charge in [-0.25, -0.2) is 8.42 Å². The molecule has 1 heterocycles. The van der Waals surface area contributed by atoms with Crippen LogP contribution in [0, 0.1) is 5.92 Å². The summed E-state index contributed by atoms with van der Waals surface area (Å²) in [5, 5.41) is 9.89. The first-order chi connectivity index (χ1) is 9.98. The lowest BCUT2D eigenvalue weighted by Crippen LogP contribution is -2.38. The zero-order valence-corrected chi connectivity index (χ0v) is 13.6. The summed E-state index contributed by atoms with van der Waals surface area (Å²) >= 11 is 0. The monoisotopic (exact) mass is 311 g/mol. The lowest BCUT2D eigenvalue weighted by atomic mass is 9.96. The van der Waals surface area contributed by atoms with Crippen LogP contribution in [0.15, 0.2) is 29.2 Å². The fraction of sp³-hybridized carbons (Fsp3) is 0.625. The van der Waals surface area contributed by atoms with Gasteiger partial charge in [-0.3, -0.25) is 0 Å². The SMILES string of the molecule is CCC1CCN(S(=O)(=O)c2cccc(C(O)CC)c2)CC1. The Kier molecular flexibility index (Phi) is 5.41. The van der Waals surface area contributed by atoms with Gasteiger partial charge in [0.2, 0.25) is 10.0 Å². The second kappa shape index (κ2) is 6.90. The molecule has 1 unspecified atom stereocenters. The van der Waals surface area contributed by atoms with Gasteiger partial charge in [0.15, 0.2) is 0 Å². The summed E-state index contributed by atoms with van der Waals surface area (Å²) in [5.74, 6) is 0.643. The van der Waals surface area contributed by atoms with Gasteiger partial charge >= 0.3 is 0 Å². The van der Waals surface area contributed by atoms with E-state index in [1.54, 1.807) is 28.6 Å². The molecule has 21 heavy (non-hydrogen) atoms. The van der Waals surface area contributed by atoms with Crippen molar-refractivity contribution in [2.24, 2.45) is 5.92 Å². The van der Waals surface area contributed by atoms with Crippen LogP contribution in [0.1, 0.15) is 51.2 Å². The molecule has 2 rings (SSSR count). The third kappa shape index (κ3) is 3.65. The second-order valence-electron chi connectivity index (χ2n) is 5.75. The van der Waals surface area contributed by atoms with Gasteiger partial charge in [-0.15, -0.1) is 0 Å². The van der Waals surface area contributed by atoms with Gasteiger partial charge in [0, 0.05) is 13.1 Å². The summed E-state index contributed by atoms with van der Waals surface area (Å²) in [4.78, 5) is 0.294. The normalized spacial score (nSPS) is 19.6. The highest BCUT2D eigenvalue weighted by atomic mass is 32.2. The van der Waals surface area contributed by atoms with Gasteiger partial charge in [-0.05, 0) is 42.9 Å². The second-order valence-corrected chi connectivity index (χ2v) is 7.69. The maximum Gasteiger partial charge on any atom is 0.243 e. The predicted octanol–water partition coefficient (Wildman–Crippen LogP) is 2.94. The number of aliphatic hydroxyl groups excluding tert-OH is 1. The highest BCUT2D eigenvalue weighted by Gasteiger charge is 2.29. The van der Waals surface area contributed by atoms with E-state index >= 15 is 0 Å². The molecule has 118 valence electrons. The first-order valence-electron chi connectivity index (χ1n) is 7.77. The number of sulfonamides is 1. The number of hydrogen-bond acceptors (Lipinski definition) is 3. The summed E-state index contributed by atoms with van der Waals surface area (Å²) in [7, 11) is -3.44. The molecule has 1 fully saturated rings. The topological polar surface area (TPSA) is 57.6 Å². The van der Waals surface area contributed by atoms with Crippen LogP contribution in [0.25, 0.3) is 0 Å². The Morgan fingerprint density at radius 2 is 1.95 bits per heavy atom. The Hall–Kier alpha value is -0.910. The van der Waals surface area contributed by atoms with Crippen molar-refractivity contribution in [3.63, 3.8) is 0 Å². The van der Waals surface area contributed by atoms with Crippen molar-refractivity contribution in [1.82, 2.24) is 4.31 Å². The van der Waals surface area contributed by atoms with E-state index in [0.29, 0.717) is 35.9 Å². The van der Waals surface area contributed by atoms with Gasteiger partial charge in [-0.2, -0.15) is 4.31 Å². The minimum atomic E-state index is -3.44. The van der Waals surface area contributed by atoms with Crippen molar-refractivity contribution in [1.29, 1.82) is 0 Å². The molecule has 5 heteroatoms. The lowest BCUT2D eigenvalue weighted by Gasteiger charge is -2.30. The van der Waals surface area contributed by atoms with E-state index in [-0.39, 0.29) is 0 Å². The first-order valence-corrected chi connectivity index (χ1v) is 9.21. The number of piperidine rings is 1. The Labute approximate surface area is 127 Å². The molecule has 0 spiro atoms. The summed E-state index contributed by atoms with van der Waals surface area (Å²) in [6.07, 6.45) is 2.96. The number of rotatable bonds is 5. The summed E-state index contributed by atoms with van der Waals surface area (Å²) in [5.41, 5.74) is 0.669. The van der Waals surface area contributed by atoms with Crippen LogP contribution in [0.2, 0.25) is 0 Å². The Bertz CT molecular complexity index is 563. The molecule has 1 aliphatic rings. The number of nitrogens with zero attached hydrogens (tertiary/aromatic N) is 1. The molecule has 0 amide bonds. The minimum absolute atomic E-state index is 0.294. The number of benzene rings is 1. The van der Waals surface area contributed by atoms with Crippen LogP contribution >= 0.6 is 0 Å². The molecule has 1 atom stereocenters. The van der Waals surface area contributed by atoms with Crippen LogP contribution in [-0.4, -0.2) is 30.9 Å². The van der Waals surface area contributed by atoms with E-state index < -0.39 is 16.1 Å². The summed E-state index contributed by atoms with van der Waals surface area (Å²) < 4.78 is 27.0. The average molecular weight is 311 g/mol. The molecule has 1 aromatic carbocycles. The average Bonchev–Trinajstić information content (AvgIpc) is 2.54. The molecule has 0 saturated carbocycles. The first kappa shape index (κ1) is 16.5. The minimum Gasteiger partial charge on any atom is -0.388 e. The van der Waals surface area contributed by atoms with Crippen molar-refractivity contribution in [3.8, 4) is 0 Å². The Balaban J connectivity index is 2.20. The molecule has 0 bridgehead atoms. The van der Waals surface area contributed by atoms with Crippen LogP contribution in [-0.2, 0) is 10.0 Å². The van der Waals surface area contributed by atoms with Crippen LogP contribution in [0.4, 0.5) is 0 Å². The van der Waals surface area contributed by atoms with E-state index in [0.717, 1.165) is 19.3 Å². The van der Waals surface area contributed by atoms with Gasteiger partial charge in [0.25, 0.3) is 0 Å². The molecule has 1 saturated heterocycles. The molecule has 0 radical (unpaired) electrons. The molecule has 4 nitrogen and oxygen atoms in total. The maximum absolute atomic E-state index is 12.7. The summed E-state index contributed by atoms with van der Waals surface area (Å²) in [6.45, 7) is 5.23. The van der Waals surface area contributed by atoms with Crippen molar-refractivity contribution in [2.75, 3.05) is 13.1 Å². The van der Waals surface area contributed by atoms with Crippen molar-refractivity contribution >= 4 is 10.0 Å². The van der Waals surface area contributed by atoms with Gasteiger partial charge in [0.1, 0.15) is 0 Å². The zero-order chi connectivity index (χ0) is 15.5. The van der Waals surface area contributed by atoms with Crippen LogP contribution in [0.5, 0.6) is 0 Å². The van der Waals surface area contributed by atoms with E-state index in [9.17, 15) is 13.5 Å². The van der Waals surface area contributed by atoms with E-state index in [2.05, 4.69) is 6.92 Å². The molecular weight excluding hydrogens is 286 g/mol. The lowest BCUT2D eigenvalue weighted by molar-refractivity contribution is 0.173. The van der Waals surface area contributed by atoms with Crippen LogP contribution in [0.3, 0.4) is 0 Å². The fourth-order valence-electron chi connectivity index (χ4n) is 2.82. The van der Waals surface area contributed by atoms with E-state index in [1.807, 2.05) is 6.92 Å². The van der Waals surface area contributed by atoms with Crippen LogP contribution < -0.4 is 0 Å². The van der Waals surface area contributed by atoms with Gasteiger partial charge in [0.05, 0.1) is 11.0 Å². The quantitative estimate of drug-likeness (QED) is 0.909. The fourth-order valence-corrected chi connectivity index (χ4v) is 4.35. The Morgan fingerprint density at radius 1 is 1.29 bits per heavy atom. The largest absolute Gasteiger partial charge is 0.388 e. The van der Waals surface area contributed by atoms with E-state index in [4.69, 9.17) is 0 Å². The maximum atomic E-state index is 12.7. The third-order valence-corrected chi connectivity index (χ3v) is 6.31. The molecule has 1 aliphatic heterocycles. The standard InChI is InChI=1S/C16H25NO3S/c1-3-13-8-10-17(11-9-13)21(19,20)15-7-5-6-14(12-15)16(18)4-2/h5-7,12-13,16,18H,3-4,8-11H2,1-2H3. The molecular formula is C16H25NO3S. The smallest absolute Gasteiger partial charge is 0.243 e. The van der Waals surface area contributed by atoms with E-state index in [1.165, 1.54) is 0 Å². The van der Waals surface area contributed by atoms with Crippen molar-refractivity contribution in [2.45, 2.75) is 50.5 Å². The molecule has 1 aromatic rings. The number of hydrogen-bond donors (Lipinski definition) is 1. The highest BCUT2D eigenvalue weighted by Crippen LogP contribution is 2.27. The van der Waals surface area contributed by atoms with Crippen molar-refractivity contribution in [3.05, 3.63) is 29.8 Å². The highest BCUT2D eigenvalue weighted by molar-refractivity contribution is 7.89. The summed E-state index contributed by atoms with van der Waals surface area (Å²) in [6, 6.07) is 6.71. The molecule has 0 aliphatic carbocycles. The third-order valence-electron chi connectivity index (χ3n) is 4.42. The molecule has 1 N–H and O–H groups in total.